The molecule has 0 N–H and O–H groups in total. The summed E-state index contributed by atoms with van der Waals surface area (Å²) in [6.45, 7) is 5.70. The van der Waals surface area contributed by atoms with Gasteiger partial charge in [0.1, 0.15) is 11.2 Å². The molecular weight excluding hydrogens is 312 g/mol. The van der Waals surface area contributed by atoms with E-state index in [0.29, 0.717) is 22.6 Å². The largest absolute Gasteiger partial charge is 0.269 e. The average Bonchev–Trinajstić information content (AvgIpc) is 2.92. The molecule has 25 heavy (non-hydrogen) atoms. The number of benzene rings is 2. The van der Waals surface area contributed by atoms with E-state index in [0.717, 1.165) is 16.9 Å². The number of para-hydroxylation sites is 1. The van der Waals surface area contributed by atoms with Crippen LogP contribution in [0, 0.1) is 20.8 Å². The van der Waals surface area contributed by atoms with Gasteiger partial charge < -0.3 is 0 Å². The van der Waals surface area contributed by atoms with Crippen molar-refractivity contribution in [2.24, 2.45) is 0 Å². The van der Waals surface area contributed by atoms with E-state index in [9.17, 15) is 4.79 Å². The van der Waals surface area contributed by atoms with E-state index in [1.807, 2.05) is 75.4 Å². The van der Waals surface area contributed by atoms with Crippen LogP contribution in [0.1, 0.15) is 17.1 Å². The summed E-state index contributed by atoms with van der Waals surface area (Å²) in [5.74, 6) is 0.639. The molecule has 0 atom stereocenters. The van der Waals surface area contributed by atoms with Crippen molar-refractivity contribution in [3.63, 3.8) is 0 Å². The van der Waals surface area contributed by atoms with Crippen LogP contribution in [0.4, 0.5) is 0 Å². The highest BCUT2D eigenvalue weighted by atomic mass is 16.1. The lowest BCUT2D eigenvalue weighted by Crippen LogP contribution is -2.22. The van der Waals surface area contributed by atoms with Gasteiger partial charge in [0.25, 0.3) is 5.56 Å². The van der Waals surface area contributed by atoms with Gasteiger partial charge in [0.05, 0.1) is 17.1 Å². The number of aryl methyl sites for hydroxylation is 3. The molecule has 124 valence electrons. The second kappa shape index (κ2) is 5.70. The first-order chi connectivity index (χ1) is 12.1. The van der Waals surface area contributed by atoms with Gasteiger partial charge in [-0.15, -0.1) is 0 Å². The van der Waals surface area contributed by atoms with Crippen molar-refractivity contribution in [2.45, 2.75) is 20.8 Å². The summed E-state index contributed by atoms with van der Waals surface area (Å²) in [6, 6.07) is 17.6. The van der Waals surface area contributed by atoms with Crippen LogP contribution in [0.2, 0.25) is 0 Å². The van der Waals surface area contributed by atoms with Gasteiger partial charge in [0, 0.05) is 0 Å². The lowest BCUT2D eigenvalue weighted by atomic mass is 10.2. The number of rotatable bonds is 2. The van der Waals surface area contributed by atoms with Crippen LogP contribution >= 0.6 is 0 Å². The molecule has 5 heteroatoms. The first-order valence-corrected chi connectivity index (χ1v) is 8.18. The van der Waals surface area contributed by atoms with Crippen LogP contribution in [0.25, 0.3) is 22.4 Å². The third kappa shape index (κ3) is 2.45. The van der Waals surface area contributed by atoms with Gasteiger partial charge in [0.15, 0.2) is 5.65 Å². The highest BCUT2D eigenvalue weighted by molar-refractivity contribution is 5.79. The lowest BCUT2D eigenvalue weighted by molar-refractivity contribution is 0.853. The van der Waals surface area contributed by atoms with Crippen LogP contribution in [-0.2, 0) is 0 Å². The van der Waals surface area contributed by atoms with E-state index in [-0.39, 0.29) is 5.56 Å². The molecule has 0 spiro atoms. The molecule has 2 aromatic carbocycles. The van der Waals surface area contributed by atoms with Gasteiger partial charge >= 0.3 is 0 Å². The summed E-state index contributed by atoms with van der Waals surface area (Å²) >= 11 is 0. The fraction of sp³-hybridized carbons (Fsp3) is 0.150. The van der Waals surface area contributed by atoms with Gasteiger partial charge in [-0.2, -0.15) is 5.10 Å². The molecule has 4 aromatic rings. The SMILES string of the molecule is Cc1cccc(-n2c(C)nc3c(c(C)nn3-c3ccccc3)c2=O)c1. The summed E-state index contributed by atoms with van der Waals surface area (Å²) in [7, 11) is 0. The minimum atomic E-state index is -0.0900. The molecule has 4 rings (SSSR count). The Morgan fingerprint density at radius 3 is 2.32 bits per heavy atom. The quantitative estimate of drug-likeness (QED) is 0.565. The van der Waals surface area contributed by atoms with Crippen LogP contribution < -0.4 is 5.56 Å². The standard InChI is InChI=1S/C20H18N4O/c1-13-8-7-11-17(12-13)23-15(3)21-19-18(20(23)25)14(2)22-24(19)16-9-5-4-6-10-16/h4-12H,1-3H3. The number of fused-ring (bicyclic) bond motifs is 1. The molecule has 0 fully saturated rings. The summed E-state index contributed by atoms with van der Waals surface area (Å²) in [6.07, 6.45) is 0. The zero-order chi connectivity index (χ0) is 17.6. The summed E-state index contributed by atoms with van der Waals surface area (Å²) in [5.41, 5.74) is 3.99. The van der Waals surface area contributed by atoms with Gasteiger partial charge in [-0.3, -0.25) is 9.36 Å². The van der Waals surface area contributed by atoms with Crippen molar-refractivity contribution in [2.75, 3.05) is 0 Å². The normalized spacial score (nSPS) is 11.2. The third-order valence-corrected chi connectivity index (χ3v) is 4.30. The van der Waals surface area contributed by atoms with Crippen molar-refractivity contribution in [3.8, 4) is 11.4 Å². The van der Waals surface area contributed by atoms with Gasteiger partial charge in [-0.25, -0.2) is 9.67 Å². The number of nitrogens with zero attached hydrogens (tertiary/aromatic N) is 4. The van der Waals surface area contributed by atoms with Crippen LogP contribution in [-0.4, -0.2) is 19.3 Å². The van der Waals surface area contributed by atoms with Crippen molar-refractivity contribution in [3.05, 3.63) is 82.0 Å². The molecule has 0 radical (unpaired) electrons. The topological polar surface area (TPSA) is 52.7 Å². The van der Waals surface area contributed by atoms with Gasteiger partial charge in [-0.1, -0.05) is 30.3 Å². The second-order valence-corrected chi connectivity index (χ2v) is 6.17. The number of hydrogen-bond acceptors (Lipinski definition) is 3. The van der Waals surface area contributed by atoms with Gasteiger partial charge in [0.2, 0.25) is 0 Å². The minimum Gasteiger partial charge on any atom is -0.268 e. The maximum atomic E-state index is 13.2. The fourth-order valence-corrected chi connectivity index (χ4v) is 3.15. The molecule has 5 nitrogen and oxygen atoms in total. The number of hydrogen-bond donors (Lipinski definition) is 0. The van der Waals surface area contributed by atoms with E-state index < -0.39 is 0 Å². The Balaban J connectivity index is 2.05. The fourth-order valence-electron chi connectivity index (χ4n) is 3.15. The molecule has 0 aliphatic rings. The van der Waals surface area contributed by atoms with Gasteiger partial charge in [-0.05, 0) is 50.6 Å². The first-order valence-electron chi connectivity index (χ1n) is 8.18. The first kappa shape index (κ1) is 15.3. The highest BCUT2D eigenvalue weighted by Gasteiger charge is 2.18. The van der Waals surface area contributed by atoms with Crippen LogP contribution in [0.5, 0.6) is 0 Å². The average molecular weight is 330 g/mol. The molecule has 0 amide bonds. The molecule has 0 saturated heterocycles. The summed E-state index contributed by atoms with van der Waals surface area (Å²) in [4.78, 5) is 17.9. The molecule has 0 unspecified atom stereocenters. The van der Waals surface area contributed by atoms with Crippen LogP contribution in [0.15, 0.2) is 59.4 Å². The number of aromatic nitrogens is 4. The Labute approximate surface area is 145 Å². The maximum Gasteiger partial charge on any atom is 0.269 e. The van der Waals surface area contributed by atoms with Crippen molar-refractivity contribution in [1.82, 2.24) is 19.3 Å². The predicted octanol–water partition coefficient (Wildman–Crippen LogP) is 3.50. The summed E-state index contributed by atoms with van der Waals surface area (Å²) < 4.78 is 3.39. The van der Waals surface area contributed by atoms with E-state index in [1.54, 1.807) is 9.25 Å². The van der Waals surface area contributed by atoms with E-state index in [1.165, 1.54) is 0 Å². The maximum absolute atomic E-state index is 13.2. The molecular formula is C20H18N4O. The molecule has 0 bridgehead atoms. The minimum absolute atomic E-state index is 0.0900. The molecule has 2 heterocycles. The highest BCUT2D eigenvalue weighted by Crippen LogP contribution is 2.19. The van der Waals surface area contributed by atoms with Crippen molar-refractivity contribution >= 4 is 11.0 Å². The molecule has 0 saturated carbocycles. The predicted molar refractivity (Wildman–Crippen MR) is 98.7 cm³/mol. The zero-order valence-electron chi connectivity index (χ0n) is 14.4. The van der Waals surface area contributed by atoms with Crippen LogP contribution in [0.3, 0.4) is 0 Å². The molecule has 0 aliphatic heterocycles. The Morgan fingerprint density at radius 1 is 0.880 bits per heavy atom. The molecule has 0 aliphatic carbocycles. The smallest absolute Gasteiger partial charge is 0.268 e. The Hall–Kier alpha value is -3.21. The van der Waals surface area contributed by atoms with Crippen molar-refractivity contribution < 1.29 is 0 Å². The molecule has 2 aromatic heterocycles. The Morgan fingerprint density at radius 2 is 1.60 bits per heavy atom. The lowest BCUT2D eigenvalue weighted by Gasteiger charge is -2.11. The zero-order valence-corrected chi connectivity index (χ0v) is 14.4. The second-order valence-electron chi connectivity index (χ2n) is 6.17. The third-order valence-electron chi connectivity index (χ3n) is 4.30. The monoisotopic (exact) mass is 330 g/mol. The van der Waals surface area contributed by atoms with E-state index in [2.05, 4.69) is 5.10 Å². The van der Waals surface area contributed by atoms with Crippen molar-refractivity contribution in [1.29, 1.82) is 0 Å². The Bertz CT molecular complexity index is 1140. The van der Waals surface area contributed by atoms with E-state index in [4.69, 9.17) is 4.98 Å². The summed E-state index contributed by atoms with van der Waals surface area (Å²) in [5, 5.41) is 5.11. The van der Waals surface area contributed by atoms with E-state index >= 15 is 0 Å². The Kier molecular flexibility index (Phi) is 3.50.